The number of anilines is 1. The molecule has 2 heterocycles. The zero-order chi connectivity index (χ0) is 44.9. The topological polar surface area (TPSA) is 238 Å². The Morgan fingerprint density at radius 3 is 2.52 bits per heavy atom. The number of benzene rings is 1. The molecular formula is C43H48BrF2N3O12S. The minimum absolute atomic E-state index is 0.0190. The fraction of sp³-hybridized carbons (Fsp3) is 0.535. The van der Waals surface area contributed by atoms with Gasteiger partial charge in [0.2, 0.25) is 17.7 Å². The summed E-state index contributed by atoms with van der Waals surface area (Å²) in [4.78, 5) is 76.3. The molecule has 2 aromatic rings. The van der Waals surface area contributed by atoms with Gasteiger partial charge in [0, 0.05) is 45.7 Å². The maximum absolute atomic E-state index is 17.8. The van der Waals surface area contributed by atoms with Gasteiger partial charge in [-0.2, -0.15) is 0 Å². The van der Waals surface area contributed by atoms with Crippen LogP contribution in [0, 0.1) is 22.7 Å². The zero-order valence-corrected chi connectivity index (χ0v) is 36.2. The average molecular weight is 949 g/mol. The molecule has 19 heteroatoms. The molecule has 1 saturated heterocycles. The lowest BCUT2D eigenvalue weighted by molar-refractivity contribution is -0.234. The van der Waals surface area contributed by atoms with Gasteiger partial charge in [0.15, 0.2) is 29.1 Å². The monoisotopic (exact) mass is 947 g/mol. The van der Waals surface area contributed by atoms with E-state index in [-0.39, 0.29) is 42.3 Å². The number of hydrogen-bond donors (Lipinski definition) is 7. The number of carbonyl (C=O) groups excluding carboxylic acids is 5. The van der Waals surface area contributed by atoms with E-state index in [1.807, 2.05) is 6.07 Å². The number of fused-ring (bicyclic) bond motifs is 7. The summed E-state index contributed by atoms with van der Waals surface area (Å²) in [7, 11) is 0. The number of hydrogen-bond acceptors (Lipinski definition) is 12. The Kier molecular flexibility index (Phi) is 12.8. The number of rotatable bonds is 15. The van der Waals surface area contributed by atoms with Crippen LogP contribution >= 0.6 is 27.3 Å². The number of ketones is 2. The highest BCUT2D eigenvalue weighted by Gasteiger charge is 2.80. The highest BCUT2D eigenvalue weighted by atomic mass is 79.9. The van der Waals surface area contributed by atoms with Crippen molar-refractivity contribution in [2.24, 2.45) is 22.7 Å². The molecule has 334 valence electrons. The van der Waals surface area contributed by atoms with Crippen LogP contribution < -0.4 is 16.0 Å². The SMILES string of the molecule is C[C@]12C=CC(=O)C=C1[C@@H](F)C[C@H]1[C@@H]3C[C@H]4O[C@@H](c5ccc(Cc6ccc(CO)c(NC(=O)[C@H](CCC(=O)O)NC(=O)CNC(=O)CBr)c6)s5)O[C@@]4(C(=O)CO)[C@@]3(C)C[C@H](O)[C@@]12F. The van der Waals surface area contributed by atoms with Gasteiger partial charge >= 0.3 is 5.97 Å². The van der Waals surface area contributed by atoms with Crippen molar-refractivity contribution in [1.29, 1.82) is 0 Å². The number of aliphatic carboxylic acids is 1. The molecule has 4 fully saturated rings. The smallest absolute Gasteiger partial charge is 0.303 e. The highest BCUT2D eigenvalue weighted by molar-refractivity contribution is 9.09. The number of nitrogens with one attached hydrogen (secondary N) is 3. The maximum atomic E-state index is 17.8. The molecule has 0 bridgehead atoms. The molecule has 1 aliphatic heterocycles. The Labute approximate surface area is 367 Å². The number of aliphatic hydroxyl groups excluding tert-OH is 3. The number of carboxylic acids is 1. The second-order valence-corrected chi connectivity index (χ2v) is 18.8. The second-order valence-electron chi connectivity index (χ2n) is 17.1. The van der Waals surface area contributed by atoms with Crippen LogP contribution in [0.15, 0.2) is 54.1 Å². The lowest BCUT2D eigenvalue weighted by Gasteiger charge is -2.63. The Balaban J connectivity index is 1.09. The van der Waals surface area contributed by atoms with E-state index in [4.69, 9.17) is 9.47 Å². The van der Waals surface area contributed by atoms with Crippen molar-refractivity contribution in [3.05, 3.63) is 75.0 Å². The first-order chi connectivity index (χ1) is 29.3. The van der Waals surface area contributed by atoms with Crippen LogP contribution in [0.5, 0.6) is 0 Å². The van der Waals surface area contributed by atoms with Gasteiger partial charge in [0.25, 0.3) is 0 Å². The van der Waals surface area contributed by atoms with Crippen LogP contribution in [-0.2, 0) is 51.3 Å². The summed E-state index contributed by atoms with van der Waals surface area (Å²) in [6.07, 6.45) is -2.64. The summed E-state index contributed by atoms with van der Waals surface area (Å²) in [5.74, 6) is -6.06. The minimum atomic E-state index is -2.38. The van der Waals surface area contributed by atoms with E-state index in [0.717, 1.165) is 11.0 Å². The second kappa shape index (κ2) is 17.4. The van der Waals surface area contributed by atoms with Crippen LogP contribution in [-0.4, -0.2) is 110 Å². The van der Waals surface area contributed by atoms with E-state index in [1.54, 1.807) is 31.2 Å². The van der Waals surface area contributed by atoms with Gasteiger partial charge in [0.1, 0.15) is 18.8 Å². The third kappa shape index (κ3) is 7.66. The average Bonchev–Trinajstić information content (AvgIpc) is 3.93. The lowest BCUT2D eigenvalue weighted by atomic mass is 9.44. The molecule has 0 spiro atoms. The maximum Gasteiger partial charge on any atom is 0.303 e. The van der Waals surface area contributed by atoms with Crippen molar-refractivity contribution in [3.8, 4) is 0 Å². The van der Waals surface area contributed by atoms with Gasteiger partial charge in [-0.3, -0.25) is 28.8 Å². The van der Waals surface area contributed by atoms with Crippen molar-refractivity contribution in [2.45, 2.75) is 101 Å². The third-order valence-corrected chi connectivity index (χ3v) is 15.3. The molecular weight excluding hydrogens is 900 g/mol. The van der Waals surface area contributed by atoms with Crippen molar-refractivity contribution < 1.29 is 67.4 Å². The summed E-state index contributed by atoms with van der Waals surface area (Å²) in [5.41, 5.74) is -5.85. The quantitative estimate of drug-likeness (QED) is 0.128. The first-order valence-electron chi connectivity index (χ1n) is 20.2. The molecule has 62 heavy (non-hydrogen) atoms. The van der Waals surface area contributed by atoms with E-state index in [0.29, 0.717) is 22.4 Å². The third-order valence-electron chi connectivity index (χ3n) is 13.7. The van der Waals surface area contributed by atoms with Crippen molar-refractivity contribution in [3.63, 3.8) is 0 Å². The van der Waals surface area contributed by atoms with Crippen molar-refractivity contribution >= 4 is 68.2 Å². The lowest BCUT2D eigenvalue weighted by Crippen LogP contribution is -2.70. The van der Waals surface area contributed by atoms with Crippen LogP contribution in [0.3, 0.4) is 0 Å². The molecule has 11 atom stereocenters. The first-order valence-corrected chi connectivity index (χ1v) is 22.2. The number of carbonyl (C=O) groups is 6. The van der Waals surface area contributed by atoms with E-state index in [1.165, 1.54) is 30.4 Å². The van der Waals surface area contributed by atoms with Gasteiger partial charge < -0.3 is 45.9 Å². The fourth-order valence-corrected chi connectivity index (χ4v) is 11.9. The molecule has 3 saturated carbocycles. The van der Waals surface area contributed by atoms with Gasteiger partial charge in [-0.05, 0) is 80.0 Å². The molecule has 3 amide bonds. The molecule has 1 aromatic carbocycles. The number of allylic oxidation sites excluding steroid dienone is 4. The Bertz CT molecular complexity index is 2240. The molecule has 0 unspecified atom stereocenters. The van der Waals surface area contributed by atoms with Crippen LogP contribution in [0.1, 0.15) is 73.1 Å². The Morgan fingerprint density at radius 1 is 1.06 bits per heavy atom. The molecule has 0 radical (unpaired) electrons. The predicted molar refractivity (Wildman–Crippen MR) is 221 cm³/mol. The number of ether oxygens (including phenoxy) is 2. The molecule has 7 N–H and O–H groups in total. The normalized spacial score (nSPS) is 33.6. The van der Waals surface area contributed by atoms with E-state index in [2.05, 4.69) is 31.9 Å². The predicted octanol–water partition coefficient (Wildman–Crippen LogP) is 3.27. The molecule has 5 aliphatic rings. The Morgan fingerprint density at radius 2 is 1.82 bits per heavy atom. The number of thiophene rings is 1. The molecule has 4 aliphatic carbocycles. The zero-order valence-electron chi connectivity index (χ0n) is 33.8. The summed E-state index contributed by atoms with van der Waals surface area (Å²) in [6, 6.07) is 7.27. The van der Waals surface area contributed by atoms with Crippen molar-refractivity contribution in [1.82, 2.24) is 10.6 Å². The number of Topliss-reactive ketones (excluding diaryl/α,β-unsaturated/α-hetero) is 1. The van der Waals surface area contributed by atoms with Crippen molar-refractivity contribution in [2.75, 3.05) is 23.8 Å². The largest absolute Gasteiger partial charge is 0.481 e. The van der Waals surface area contributed by atoms with Crippen LogP contribution in [0.2, 0.25) is 0 Å². The number of amides is 3. The van der Waals surface area contributed by atoms with E-state index < -0.39 is 126 Å². The number of halogens is 3. The first kappa shape index (κ1) is 45.8. The van der Waals surface area contributed by atoms with E-state index >= 15 is 8.78 Å². The standard InChI is InChI=1S/C43H48BrF2N3O12S/c1-40-10-9-23(52)13-27(40)28(45)14-26-25-15-34-43(33(54)20-51,41(25,2)16-32(53)42(26,40)46)61-39(60-34)31-7-5-24(62-31)11-21-3-4-22(19-50)30(12-21)49-38(59)29(6-8-37(57)58)48-36(56)18-47-35(55)17-44/h3-5,7,9-10,12-13,25-26,28-29,32,34,39,50-51,53H,6,8,11,14-20H2,1-2H3,(H,47,55)(H,48,56)(H,49,59)(H,57,58)/t25-,26-,28-,29-,32-,34+,39+,40-,41-,42-,43+/m0/s1. The fourth-order valence-electron chi connectivity index (χ4n) is 10.7. The van der Waals surface area contributed by atoms with E-state index in [9.17, 15) is 49.2 Å². The molecule has 1 aromatic heterocycles. The summed E-state index contributed by atoms with van der Waals surface area (Å²) < 4.78 is 46.8. The van der Waals surface area contributed by atoms with Gasteiger partial charge in [-0.25, -0.2) is 8.78 Å². The Hall–Kier alpha value is -4.24. The van der Waals surface area contributed by atoms with Crippen LogP contribution in [0.25, 0.3) is 0 Å². The van der Waals surface area contributed by atoms with Gasteiger partial charge in [-0.15, -0.1) is 11.3 Å². The highest BCUT2D eigenvalue weighted by Crippen LogP contribution is 2.72. The number of carboxylic acid groups (broad SMARTS) is 1. The number of aliphatic hydroxyl groups is 3. The molecule has 7 rings (SSSR count). The minimum Gasteiger partial charge on any atom is -0.481 e. The molecule has 15 nitrogen and oxygen atoms in total. The summed E-state index contributed by atoms with van der Waals surface area (Å²) in [6.45, 7) is 1.39. The van der Waals surface area contributed by atoms with Gasteiger partial charge in [0.05, 0.1) is 35.6 Å². The van der Waals surface area contributed by atoms with Gasteiger partial charge in [-0.1, -0.05) is 41.1 Å². The van der Waals surface area contributed by atoms with Crippen LogP contribution in [0.4, 0.5) is 14.5 Å². The summed E-state index contributed by atoms with van der Waals surface area (Å²) in [5, 5.41) is 48.9. The summed E-state index contributed by atoms with van der Waals surface area (Å²) >= 11 is 4.27. The number of alkyl halides is 3.